The van der Waals surface area contributed by atoms with Crippen LogP contribution in [0.15, 0.2) is 11.4 Å². The van der Waals surface area contributed by atoms with E-state index in [9.17, 15) is 0 Å². The zero-order valence-corrected chi connectivity index (χ0v) is 10.9. The molecule has 16 heavy (non-hydrogen) atoms. The Labute approximate surface area is 103 Å². The average Bonchev–Trinajstić information content (AvgIpc) is 3.07. The van der Waals surface area contributed by atoms with Crippen molar-refractivity contribution in [2.45, 2.75) is 57.8 Å². The minimum atomic E-state index is 1.17. The summed E-state index contributed by atoms with van der Waals surface area (Å²) in [6.45, 7) is 0. The molecule has 1 aromatic rings. The average molecular weight is 234 g/mol. The Hall–Kier alpha value is -0.300. The molecule has 0 N–H and O–H groups in total. The number of rotatable bonds is 0. The van der Waals surface area contributed by atoms with Gasteiger partial charge in [-0.2, -0.15) is 0 Å². The molecule has 0 spiro atoms. The molecule has 3 aliphatic rings. The van der Waals surface area contributed by atoms with Gasteiger partial charge in [0.05, 0.1) is 0 Å². The molecule has 1 heteroatoms. The minimum absolute atomic E-state index is 1.17. The molecule has 0 aromatic carbocycles. The second-order valence-corrected chi connectivity index (χ2v) is 6.70. The highest BCUT2D eigenvalue weighted by Crippen LogP contribution is 2.43. The second kappa shape index (κ2) is 4.91. The molecule has 0 radical (unpaired) electrons. The maximum absolute atomic E-state index is 2.28. The molecule has 88 valence electrons. The van der Waals surface area contributed by atoms with Crippen molar-refractivity contribution in [2.75, 3.05) is 0 Å². The summed E-state index contributed by atoms with van der Waals surface area (Å²) in [5, 5.41) is 2.22. The number of fused-ring (bicyclic) bond motifs is 3. The predicted octanol–water partition coefficient (Wildman–Crippen LogP) is 4.82. The van der Waals surface area contributed by atoms with Gasteiger partial charge in [0.1, 0.15) is 0 Å². The van der Waals surface area contributed by atoms with Crippen molar-refractivity contribution >= 4 is 11.3 Å². The molecule has 1 aromatic heterocycles. The number of thiophene rings is 1. The number of aryl methyl sites for hydroxylation is 2. The molecular formula is C15H22S. The molecule has 2 saturated carbocycles. The Bertz CT molecular complexity index is 300. The maximum Gasteiger partial charge on any atom is 0.00772 e. The topological polar surface area (TPSA) is 0 Å². The Morgan fingerprint density at radius 3 is 2.19 bits per heavy atom. The molecule has 2 fully saturated rings. The van der Waals surface area contributed by atoms with E-state index >= 15 is 0 Å². The van der Waals surface area contributed by atoms with Crippen LogP contribution in [-0.4, -0.2) is 0 Å². The van der Waals surface area contributed by atoms with Gasteiger partial charge in [0.25, 0.3) is 0 Å². The maximum atomic E-state index is 2.28. The van der Waals surface area contributed by atoms with Crippen molar-refractivity contribution in [1.29, 1.82) is 0 Å². The van der Waals surface area contributed by atoms with Crippen LogP contribution in [0.25, 0.3) is 0 Å². The van der Waals surface area contributed by atoms with E-state index in [4.69, 9.17) is 0 Å². The van der Waals surface area contributed by atoms with Gasteiger partial charge in [-0.15, -0.1) is 11.3 Å². The van der Waals surface area contributed by atoms with Gasteiger partial charge in [-0.25, -0.2) is 0 Å². The van der Waals surface area contributed by atoms with E-state index in [-0.39, 0.29) is 0 Å². The Morgan fingerprint density at radius 1 is 0.938 bits per heavy atom. The summed E-state index contributed by atoms with van der Waals surface area (Å²) in [7, 11) is 0. The summed E-state index contributed by atoms with van der Waals surface area (Å²) in [6, 6.07) is 2.28. The molecule has 0 unspecified atom stereocenters. The van der Waals surface area contributed by atoms with E-state index in [2.05, 4.69) is 11.4 Å². The fourth-order valence-electron chi connectivity index (χ4n) is 3.58. The third-order valence-corrected chi connectivity index (χ3v) is 5.59. The first kappa shape index (κ1) is 10.8. The zero-order valence-electron chi connectivity index (χ0n) is 10.1. The van der Waals surface area contributed by atoms with Crippen molar-refractivity contribution in [2.24, 2.45) is 11.8 Å². The van der Waals surface area contributed by atoms with Crippen molar-refractivity contribution in [1.82, 2.24) is 0 Å². The molecule has 0 aliphatic heterocycles. The normalized spacial score (nSPS) is 30.8. The van der Waals surface area contributed by atoms with Gasteiger partial charge in [0, 0.05) is 4.88 Å². The quantitative estimate of drug-likeness (QED) is 0.603. The highest BCUT2D eigenvalue weighted by atomic mass is 32.1. The molecule has 4 rings (SSSR count). The predicted molar refractivity (Wildman–Crippen MR) is 71.0 cm³/mol. The summed E-state index contributed by atoms with van der Waals surface area (Å²) in [4.78, 5) is 1.64. The van der Waals surface area contributed by atoms with Gasteiger partial charge >= 0.3 is 0 Å². The monoisotopic (exact) mass is 234 g/mol. The fourth-order valence-corrected chi connectivity index (χ4v) is 4.56. The summed E-state index contributed by atoms with van der Waals surface area (Å²) >= 11 is 1.93. The smallest absolute Gasteiger partial charge is 0.00772 e. The lowest BCUT2D eigenvalue weighted by Crippen LogP contribution is -1.96. The van der Waals surface area contributed by atoms with E-state index in [0.717, 1.165) is 0 Å². The van der Waals surface area contributed by atoms with Crippen LogP contribution in [0, 0.1) is 11.8 Å². The molecule has 0 nitrogen and oxygen atoms in total. The molecule has 0 saturated heterocycles. The van der Waals surface area contributed by atoms with Gasteiger partial charge in [-0.3, -0.25) is 0 Å². The first-order valence-electron chi connectivity index (χ1n) is 6.97. The lowest BCUT2D eigenvalue weighted by molar-refractivity contribution is 0.480. The van der Waals surface area contributed by atoms with Crippen LogP contribution in [0.3, 0.4) is 0 Å². The van der Waals surface area contributed by atoms with Gasteiger partial charge in [-0.1, -0.05) is 25.7 Å². The lowest BCUT2D eigenvalue weighted by atomic mass is 10.00. The van der Waals surface area contributed by atoms with Crippen molar-refractivity contribution < 1.29 is 0 Å². The largest absolute Gasteiger partial charge is 0.149 e. The highest BCUT2D eigenvalue weighted by molar-refractivity contribution is 7.10. The van der Waals surface area contributed by atoms with Gasteiger partial charge in [0.2, 0.25) is 0 Å². The van der Waals surface area contributed by atoms with E-state index in [1.165, 1.54) is 37.5 Å². The summed E-state index contributed by atoms with van der Waals surface area (Å²) in [5.41, 5.74) is 1.62. The highest BCUT2D eigenvalue weighted by Gasteiger charge is 2.30. The van der Waals surface area contributed by atoms with Crippen LogP contribution in [0.5, 0.6) is 0 Å². The Balaban J connectivity index is 0.000000104. The molecule has 0 atom stereocenters. The molecule has 0 amide bonds. The molecule has 3 aliphatic carbocycles. The Morgan fingerprint density at radius 2 is 1.62 bits per heavy atom. The van der Waals surface area contributed by atoms with Gasteiger partial charge < -0.3 is 0 Å². The summed E-state index contributed by atoms with van der Waals surface area (Å²) in [5.74, 6) is 2.34. The van der Waals surface area contributed by atoms with Crippen molar-refractivity contribution in [3.63, 3.8) is 0 Å². The van der Waals surface area contributed by atoms with Crippen molar-refractivity contribution in [3.8, 4) is 0 Å². The zero-order chi connectivity index (χ0) is 10.8. The fraction of sp³-hybridized carbons (Fsp3) is 0.733. The van der Waals surface area contributed by atoms with Crippen LogP contribution < -0.4 is 0 Å². The molecule has 1 heterocycles. The SMILES string of the molecule is C1CC2CCC1C2.c1cc2c(s1)CCCC2. The van der Waals surface area contributed by atoms with E-state index in [1.807, 2.05) is 11.3 Å². The van der Waals surface area contributed by atoms with Gasteiger partial charge in [0.15, 0.2) is 0 Å². The van der Waals surface area contributed by atoms with E-state index in [1.54, 1.807) is 42.5 Å². The van der Waals surface area contributed by atoms with Crippen LogP contribution in [-0.2, 0) is 12.8 Å². The van der Waals surface area contributed by atoms with Crippen molar-refractivity contribution in [3.05, 3.63) is 21.9 Å². The molecular weight excluding hydrogens is 212 g/mol. The first-order chi connectivity index (χ1) is 7.92. The van der Waals surface area contributed by atoms with Crippen LogP contribution >= 0.6 is 11.3 Å². The Kier molecular flexibility index (Phi) is 3.32. The van der Waals surface area contributed by atoms with E-state index < -0.39 is 0 Å². The van der Waals surface area contributed by atoms with Crippen LogP contribution in [0.1, 0.15) is 55.4 Å². The lowest BCUT2D eigenvalue weighted by Gasteiger charge is -2.08. The number of hydrogen-bond acceptors (Lipinski definition) is 1. The van der Waals surface area contributed by atoms with Crippen LogP contribution in [0.4, 0.5) is 0 Å². The van der Waals surface area contributed by atoms with Crippen LogP contribution in [0.2, 0.25) is 0 Å². The third kappa shape index (κ3) is 2.34. The first-order valence-corrected chi connectivity index (χ1v) is 7.85. The minimum Gasteiger partial charge on any atom is -0.149 e. The summed E-state index contributed by atoms with van der Waals surface area (Å²) in [6.07, 6.45) is 13.3. The second-order valence-electron chi connectivity index (χ2n) is 5.70. The summed E-state index contributed by atoms with van der Waals surface area (Å²) < 4.78 is 0. The molecule has 2 bridgehead atoms. The number of hydrogen-bond donors (Lipinski definition) is 0. The third-order valence-electron chi connectivity index (χ3n) is 4.57. The standard InChI is InChI=1S/C8H10S.C7H12/c1-2-4-8-7(3-1)5-6-9-8;1-2-7-4-3-6(1)5-7/h5-6H,1-4H2;6-7H,1-5H2. The van der Waals surface area contributed by atoms with E-state index in [0.29, 0.717) is 0 Å². The van der Waals surface area contributed by atoms with Gasteiger partial charge in [-0.05, 0) is 60.9 Å².